The molecule has 0 radical (unpaired) electrons. The first-order valence-electron chi connectivity index (χ1n) is 8.19. The fourth-order valence-electron chi connectivity index (χ4n) is 2.98. The van der Waals surface area contributed by atoms with E-state index in [1.807, 2.05) is 61.5 Å². The van der Waals surface area contributed by atoms with Crippen LogP contribution >= 0.6 is 22.9 Å². The number of aryl methyl sites for hydroxylation is 1. The van der Waals surface area contributed by atoms with E-state index in [2.05, 4.69) is 15.3 Å². The zero-order valence-electron chi connectivity index (χ0n) is 14.0. The summed E-state index contributed by atoms with van der Waals surface area (Å²) in [5.74, 6) is 0.600. The predicted molar refractivity (Wildman–Crippen MR) is 109 cm³/mol. The van der Waals surface area contributed by atoms with Crippen molar-refractivity contribution in [3.63, 3.8) is 0 Å². The van der Waals surface area contributed by atoms with E-state index < -0.39 is 0 Å². The number of hydrogen-bond acceptors (Lipinski definition) is 4. The lowest BCUT2D eigenvalue weighted by Gasteiger charge is -2.06. The molecule has 0 saturated carbocycles. The fourth-order valence-corrected chi connectivity index (χ4v) is 4.24. The minimum atomic E-state index is -0.110. The Morgan fingerprint density at radius 2 is 1.96 bits per heavy atom. The first-order valence-corrected chi connectivity index (χ1v) is 9.38. The summed E-state index contributed by atoms with van der Waals surface area (Å²) in [4.78, 5) is 22.1. The Balaban J connectivity index is 1.71. The maximum Gasteiger partial charge on any atom is 0.260 e. The molecule has 0 amide bonds. The molecule has 130 valence electrons. The van der Waals surface area contributed by atoms with Gasteiger partial charge in [-0.1, -0.05) is 48.0 Å². The first kappa shape index (κ1) is 16.8. The highest BCUT2D eigenvalue weighted by Gasteiger charge is 2.16. The Hall–Kier alpha value is -2.63. The van der Waals surface area contributed by atoms with Gasteiger partial charge in [-0.2, -0.15) is 0 Å². The second-order valence-corrected chi connectivity index (χ2v) is 7.60. The SMILES string of the molecule is Cc1sc2nc(CNc3cccc(Cl)c3)[nH]c(=O)c2c1-c1ccccc1. The number of nitrogens with zero attached hydrogens (tertiary/aromatic N) is 1. The van der Waals surface area contributed by atoms with Crippen molar-refractivity contribution in [2.75, 3.05) is 5.32 Å². The second-order valence-electron chi connectivity index (χ2n) is 5.96. The molecule has 0 unspecified atom stereocenters. The lowest BCUT2D eigenvalue weighted by molar-refractivity contribution is 0.957. The van der Waals surface area contributed by atoms with Gasteiger partial charge in [-0.25, -0.2) is 4.98 Å². The van der Waals surface area contributed by atoms with E-state index in [1.54, 1.807) is 11.3 Å². The zero-order valence-corrected chi connectivity index (χ0v) is 15.6. The van der Waals surface area contributed by atoms with Gasteiger partial charge >= 0.3 is 0 Å². The summed E-state index contributed by atoms with van der Waals surface area (Å²) in [6.07, 6.45) is 0. The summed E-state index contributed by atoms with van der Waals surface area (Å²) in [7, 11) is 0. The fraction of sp³-hybridized carbons (Fsp3) is 0.100. The van der Waals surface area contributed by atoms with Crippen molar-refractivity contribution >= 4 is 38.8 Å². The monoisotopic (exact) mass is 381 g/mol. The van der Waals surface area contributed by atoms with Crippen molar-refractivity contribution in [1.82, 2.24) is 9.97 Å². The van der Waals surface area contributed by atoms with Crippen LogP contribution in [0.25, 0.3) is 21.3 Å². The highest BCUT2D eigenvalue weighted by Crippen LogP contribution is 2.35. The van der Waals surface area contributed by atoms with Crippen LogP contribution < -0.4 is 10.9 Å². The molecule has 0 saturated heterocycles. The van der Waals surface area contributed by atoms with Gasteiger partial charge in [0.25, 0.3) is 5.56 Å². The quantitative estimate of drug-likeness (QED) is 0.509. The third-order valence-corrected chi connectivity index (χ3v) is 5.37. The Morgan fingerprint density at radius 3 is 2.73 bits per heavy atom. The van der Waals surface area contributed by atoms with E-state index in [9.17, 15) is 4.79 Å². The number of fused-ring (bicyclic) bond motifs is 1. The second kappa shape index (κ2) is 6.94. The van der Waals surface area contributed by atoms with Crippen molar-refractivity contribution in [1.29, 1.82) is 0 Å². The molecule has 2 N–H and O–H groups in total. The van der Waals surface area contributed by atoms with Crippen LogP contribution in [0.5, 0.6) is 0 Å². The number of H-pyrrole nitrogens is 1. The number of rotatable bonds is 4. The highest BCUT2D eigenvalue weighted by atomic mass is 35.5. The average molecular weight is 382 g/mol. The predicted octanol–water partition coefficient (Wildman–Crippen LogP) is 5.23. The molecular weight excluding hydrogens is 366 g/mol. The number of hydrogen-bond donors (Lipinski definition) is 2. The molecule has 0 aliphatic carbocycles. The summed E-state index contributed by atoms with van der Waals surface area (Å²) in [5, 5.41) is 4.55. The molecule has 2 aromatic carbocycles. The van der Waals surface area contributed by atoms with Crippen LogP contribution in [0.3, 0.4) is 0 Å². The lowest BCUT2D eigenvalue weighted by atomic mass is 10.0. The molecule has 0 spiro atoms. The van der Waals surface area contributed by atoms with Gasteiger partial charge in [-0.15, -0.1) is 11.3 Å². The normalized spacial score (nSPS) is 11.0. The summed E-state index contributed by atoms with van der Waals surface area (Å²) in [6, 6.07) is 17.4. The number of benzene rings is 2. The van der Waals surface area contributed by atoms with E-state index in [0.717, 1.165) is 26.5 Å². The van der Waals surface area contributed by atoms with E-state index in [1.165, 1.54) is 0 Å². The van der Waals surface area contributed by atoms with Crippen LogP contribution in [0, 0.1) is 6.92 Å². The zero-order chi connectivity index (χ0) is 18.1. The van der Waals surface area contributed by atoms with E-state index >= 15 is 0 Å². The number of halogens is 1. The van der Waals surface area contributed by atoms with Gasteiger partial charge in [-0.05, 0) is 30.7 Å². The molecule has 2 aromatic heterocycles. The summed E-state index contributed by atoms with van der Waals surface area (Å²) in [5.41, 5.74) is 2.77. The molecule has 0 bridgehead atoms. The van der Waals surface area contributed by atoms with Gasteiger partial charge in [0, 0.05) is 21.2 Å². The number of anilines is 1. The van der Waals surface area contributed by atoms with Gasteiger partial charge in [0.1, 0.15) is 10.7 Å². The number of aromatic amines is 1. The lowest BCUT2D eigenvalue weighted by Crippen LogP contribution is -2.14. The van der Waals surface area contributed by atoms with Crippen molar-refractivity contribution in [2.24, 2.45) is 0 Å². The Kier molecular flexibility index (Phi) is 4.49. The Labute approximate surface area is 159 Å². The summed E-state index contributed by atoms with van der Waals surface area (Å²) < 4.78 is 0. The molecule has 0 aliphatic rings. The third-order valence-electron chi connectivity index (χ3n) is 4.13. The molecule has 0 atom stereocenters. The average Bonchev–Trinajstić information content (AvgIpc) is 2.97. The van der Waals surface area contributed by atoms with Gasteiger partial charge < -0.3 is 10.3 Å². The van der Waals surface area contributed by atoms with Crippen LogP contribution in [0.4, 0.5) is 5.69 Å². The molecular formula is C20H16ClN3OS. The van der Waals surface area contributed by atoms with Crippen molar-refractivity contribution in [3.8, 4) is 11.1 Å². The maximum absolute atomic E-state index is 12.7. The van der Waals surface area contributed by atoms with Crippen LogP contribution in [0.15, 0.2) is 59.4 Å². The van der Waals surface area contributed by atoms with Crippen LogP contribution in [-0.4, -0.2) is 9.97 Å². The van der Waals surface area contributed by atoms with Gasteiger partial charge in [-0.3, -0.25) is 4.79 Å². The van der Waals surface area contributed by atoms with Crippen molar-refractivity contribution in [3.05, 3.63) is 80.7 Å². The summed E-state index contributed by atoms with van der Waals surface area (Å²) >= 11 is 7.54. The number of thiophene rings is 1. The molecule has 6 heteroatoms. The van der Waals surface area contributed by atoms with Gasteiger partial charge in [0.05, 0.1) is 11.9 Å². The summed E-state index contributed by atoms with van der Waals surface area (Å²) in [6.45, 7) is 2.45. The molecule has 0 aliphatic heterocycles. The maximum atomic E-state index is 12.7. The van der Waals surface area contributed by atoms with E-state index in [-0.39, 0.29) is 5.56 Å². The standard InChI is InChI=1S/C20H16ClN3OS/c1-12-17(13-6-3-2-4-7-13)18-19(25)23-16(24-20(18)26-12)11-22-15-9-5-8-14(21)10-15/h2-10,22H,11H2,1H3,(H,23,24,25). The topological polar surface area (TPSA) is 57.8 Å². The molecule has 26 heavy (non-hydrogen) atoms. The van der Waals surface area contributed by atoms with Crippen molar-refractivity contribution < 1.29 is 0 Å². The smallest absolute Gasteiger partial charge is 0.260 e. The molecule has 4 rings (SSSR count). The van der Waals surface area contributed by atoms with E-state index in [0.29, 0.717) is 22.8 Å². The molecule has 4 nitrogen and oxygen atoms in total. The van der Waals surface area contributed by atoms with E-state index in [4.69, 9.17) is 11.6 Å². The van der Waals surface area contributed by atoms with Gasteiger partial charge in [0.2, 0.25) is 0 Å². The first-order chi connectivity index (χ1) is 12.6. The largest absolute Gasteiger partial charge is 0.378 e. The van der Waals surface area contributed by atoms with Crippen LogP contribution in [0.1, 0.15) is 10.7 Å². The Morgan fingerprint density at radius 1 is 1.15 bits per heavy atom. The van der Waals surface area contributed by atoms with Crippen molar-refractivity contribution in [2.45, 2.75) is 13.5 Å². The molecule has 2 heterocycles. The van der Waals surface area contributed by atoms with Crippen LogP contribution in [-0.2, 0) is 6.54 Å². The van der Waals surface area contributed by atoms with Crippen LogP contribution in [0.2, 0.25) is 5.02 Å². The highest BCUT2D eigenvalue weighted by molar-refractivity contribution is 7.19. The molecule has 4 aromatic rings. The minimum Gasteiger partial charge on any atom is -0.378 e. The van der Waals surface area contributed by atoms with Gasteiger partial charge in [0.15, 0.2) is 0 Å². The Bertz CT molecular complexity index is 1130. The molecule has 0 fully saturated rings. The number of aromatic nitrogens is 2. The number of nitrogens with one attached hydrogen (secondary N) is 2. The minimum absolute atomic E-state index is 0.110. The third kappa shape index (κ3) is 3.23.